The highest BCUT2D eigenvalue weighted by Crippen LogP contribution is 2.14. The van der Waals surface area contributed by atoms with E-state index in [1.165, 1.54) is 0 Å². The molecule has 0 heterocycles. The van der Waals surface area contributed by atoms with Gasteiger partial charge >= 0.3 is 0 Å². The summed E-state index contributed by atoms with van der Waals surface area (Å²) in [5.74, 6) is -1.07. The third kappa shape index (κ3) is 5.73. The van der Waals surface area contributed by atoms with Crippen LogP contribution in [0.5, 0.6) is 0 Å². The number of benzene rings is 2. The number of para-hydroxylation sites is 1. The Balaban J connectivity index is 1.76. The Morgan fingerprint density at radius 1 is 0.885 bits per heavy atom. The molecule has 6 heteroatoms. The lowest BCUT2D eigenvalue weighted by Gasteiger charge is -2.10. The van der Waals surface area contributed by atoms with E-state index in [-0.39, 0.29) is 24.9 Å². The summed E-state index contributed by atoms with van der Waals surface area (Å²) in [5, 5.41) is 7.80. The Morgan fingerprint density at radius 3 is 2.35 bits per heavy atom. The van der Waals surface area contributed by atoms with Crippen LogP contribution in [-0.4, -0.2) is 30.8 Å². The van der Waals surface area contributed by atoms with Crippen LogP contribution in [0, 0.1) is 6.92 Å². The molecule has 0 atom stereocenters. The molecule has 0 spiro atoms. The van der Waals surface area contributed by atoms with E-state index in [0.29, 0.717) is 5.56 Å². The van der Waals surface area contributed by atoms with Crippen molar-refractivity contribution < 1.29 is 14.4 Å². The van der Waals surface area contributed by atoms with Gasteiger partial charge < -0.3 is 16.0 Å². The number of aryl methyl sites for hydroxylation is 2. The number of carbonyl (C=O) groups is 3. The van der Waals surface area contributed by atoms with Crippen LogP contribution < -0.4 is 16.0 Å². The van der Waals surface area contributed by atoms with Gasteiger partial charge in [-0.3, -0.25) is 14.4 Å². The van der Waals surface area contributed by atoms with Crippen LogP contribution in [0.3, 0.4) is 0 Å². The first-order valence-electron chi connectivity index (χ1n) is 8.49. The zero-order chi connectivity index (χ0) is 18.9. The van der Waals surface area contributed by atoms with Crippen LogP contribution in [0.2, 0.25) is 0 Å². The summed E-state index contributed by atoms with van der Waals surface area (Å²) in [7, 11) is 0. The standard InChI is InChI=1S/C20H23N3O3/c1-3-15-8-4-5-10-17(15)23-19(25)13-21-18(24)12-22-20(26)16-9-6-7-14(2)11-16/h4-11H,3,12-13H2,1-2H3,(H,21,24)(H,22,26)(H,23,25). The summed E-state index contributed by atoms with van der Waals surface area (Å²) < 4.78 is 0. The first kappa shape index (κ1) is 19.2. The van der Waals surface area contributed by atoms with Gasteiger partial charge in [-0.2, -0.15) is 0 Å². The van der Waals surface area contributed by atoms with E-state index in [9.17, 15) is 14.4 Å². The normalized spacial score (nSPS) is 10.1. The molecule has 0 aliphatic rings. The highest BCUT2D eigenvalue weighted by atomic mass is 16.2. The fourth-order valence-electron chi connectivity index (χ4n) is 2.44. The molecule has 3 N–H and O–H groups in total. The maximum absolute atomic E-state index is 12.0. The predicted molar refractivity (Wildman–Crippen MR) is 101 cm³/mol. The van der Waals surface area contributed by atoms with Crippen molar-refractivity contribution in [3.63, 3.8) is 0 Å². The van der Waals surface area contributed by atoms with Gasteiger partial charge in [-0.25, -0.2) is 0 Å². The Kier molecular flexibility index (Phi) is 6.91. The molecular weight excluding hydrogens is 330 g/mol. The summed E-state index contributed by atoms with van der Waals surface area (Å²) in [4.78, 5) is 35.8. The number of nitrogens with one attached hydrogen (secondary N) is 3. The summed E-state index contributed by atoms with van der Waals surface area (Å²) in [6.45, 7) is 3.55. The van der Waals surface area contributed by atoms with Gasteiger partial charge in [0.1, 0.15) is 0 Å². The molecule has 0 fully saturated rings. The van der Waals surface area contributed by atoms with Crippen LogP contribution in [0.4, 0.5) is 5.69 Å². The first-order chi connectivity index (χ1) is 12.5. The largest absolute Gasteiger partial charge is 0.345 e. The number of carbonyl (C=O) groups excluding carboxylic acids is 3. The maximum atomic E-state index is 12.0. The van der Waals surface area contributed by atoms with Crippen LogP contribution in [0.1, 0.15) is 28.4 Å². The van der Waals surface area contributed by atoms with E-state index in [4.69, 9.17) is 0 Å². The number of rotatable bonds is 7. The SMILES string of the molecule is CCc1ccccc1NC(=O)CNC(=O)CNC(=O)c1cccc(C)c1. The Hall–Kier alpha value is -3.15. The zero-order valence-electron chi connectivity index (χ0n) is 15.0. The minimum Gasteiger partial charge on any atom is -0.345 e. The van der Waals surface area contributed by atoms with Crippen LogP contribution in [0.25, 0.3) is 0 Å². The monoisotopic (exact) mass is 353 g/mol. The van der Waals surface area contributed by atoms with E-state index < -0.39 is 5.91 Å². The molecule has 0 bridgehead atoms. The van der Waals surface area contributed by atoms with Crippen molar-refractivity contribution in [2.45, 2.75) is 20.3 Å². The minimum atomic E-state index is -0.426. The molecular formula is C20H23N3O3. The van der Waals surface area contributed by atoms with Crippen molar-refractivity contribution in [2.24, 2.45) is 0 Å². The van der Waals surface area contributed by atoms with Gasteiger partial charge in [-0.15, -0.1) is 0 Å². The van der Waals surface area contributed by atoms with E-state index in [1.807, 2.05) is 44.2 Å². The molecule has 0 aromatic heterocycles. The number of hydrogen-bond acceptors (Lipinski definition) is 3. The second-order valence-corrected chi connectivity index (χ2v) is 5.89. The van der Waals surface area contributed by atoms with Gasteiger partial charge in [0.25, 0.3) is 5.91 Å². The number of anilines is 1. The van der Waals surface area contributed by atoms with Gasteiger partial charge in [0.15, 0.2) is 0 Å². The molecule has 6 nitrogen and oxygen atoms in total. The zero-order valence-corrected chi connectivity index (χ0v) is 15.0. The van der Waals surface area contributed by atoms with Crippen LogP contribution in [-0.2, 0) is 16.0 Å². The summed E-state index contributed by atoms with van der Waals surface area (Å²) in [6.07, 6.45) is 0.799. The van der Waals surface area contributed by atoms with Gasteiger partial charge in [0.2, 0.25) is 11.8 Å². The molecule has 26 heavy (non-hydrogen) atoms. The Morgan fingerprint density at radius 2 is 1.62 bits per heavy atom. The van der Waals surface area contributed by atoms with Crippen LogP contribution >= 0.6 is 0 Å². The minimum absolute atomic E-state index is 0.156. The topological polar surface area (TPSA) is 87.3 Å². The molecule has 2 rings (SSSR count). The van der Waals surface area contributed by atoms with Crippen molar-refractivity contribution >= 4 is 23.4 Å². The fourth-order valence-corrected chi connectivity index (χ4v) is 2.44. The molecule has 0 saturated carbocycles. The van der Waals surface area contributed by atoms with Gasteiger partial charge in [-0.05, 0) is 37.1 Å². The highest BCUT2D eigenvalue weighted by Gasteiger charge is 2.10. The van der Waals surface area contributed by atoms with E-state index in [1.54, 1.807) is 18.2 Å². The summed E-state index contributed by atoms with van der Waals surface area (Å²) in [5.41, 5.74) is 3.22. The number of amides is 3. The molecule has 0 aliphatic carbocycles. The van der Waals surface area contributed by atoms with E-state index in [2.05, 4.69) is 16.0 Å². The molecule has 2 aromatic carbocycles. The first-order valence-corrected chi connectivity index (χ1v) is 8.49. The Bertz CT molecular complexity index is 802. The highest BCUT2D eigenvalue weighted by molar-refractivity contribution is 5.98. The molecule has 0 aliphatic heterocycles. The third-order valence-corrected chi connectivity index (χ3v) is 3.81. The second kappa shape index (κ2) is 9.36. The fraction of sp³-hybridized carbons (Fsp3) is 0.250. The Labute approximate surface area is 153 Å². The molecule has 0 unspecified atom stereocenters. The number of hydrogen-bond donors (Lipinski definition) is 3. The average molecular weight is 353 g/mol. The second-order valence-electron chi connectivity index (χ2n) is 5.89. The van der Waals surface area contributed by atoms with E-state index in [0.717, 1.165) is 23.2 Å². The van der Waals surface area contributed by atoms with Crippen LogP contribution in [0.15, 0.2) is 48.5 Å². The smallest absolute Gasteiger partial charge is 0.251 e. The lowest BCUT2D eigenvalue weighted by atomic mass is 10.1. The van der Waals surface area contributed by atoms with Crippen molar-refractivity contribution in [3.05, 3.63) is 65.2 Å². The van der Waals surface area contributed by atoms with Gasteiger partial charge in [0, 0.05) is 11.3 Å². The maximum Gasteiger partial charge on any atom is 0.251 e. The van der Waals surface area contributed by atoms with Crippen molar-refractivity contribution in [1.82, 2.24) is 10.6 Å². The van der Waals surface area contributed by atoms with Gasteiger partial charge in [0.05, 0.1) is 13.1 Å². The lowest BCUT2D eigenvalue weighted by Crippen LogP contribution is -2.40. The van der Waals surface area contributed by atoms with Crippen molar-refractivity contribution in [1.29, 1.82) is 0 Å². The molecule has 0 radical (unpaired) electrons. The summed E-state index contributed by atoms with van der Waals surface area (Å²) >= 11 is 0. The molecule has 136 valence electrons. The van der Waals surface area contributed by atoms with Gasteiger partial charge in [-0.1, -0.05) is 42.8 Å². The quantitative estimate of drug-likeness (QED) is 0.712. The van der Waals surface area contributed by atoms with Crippen molar-refractivity contribution in [2.75, 3.05) is 18.4 Å². The third-order valence-electron chi connectivity index (χ3n) is 3.81. The van der Waals surface area contributed by atoms with E-state index >= 15 is 0 Å². The lowest BCUT2D eigenvalue weighted by molar-refractivity contribution is -0.123. The average Bonchev–Trinajstić information content (AvgIpc) is 2.64. The van der Waals surface area contributed by atoms with Crippen molar-refractivity contribution in [3.8, 4) is 0 Å². The molecule has 0 saturated heterocycles. The predicted octanol–water partition coefficient (Wildman–Crippen LogP) is 2.04. The molecule has 3 amide bonds. The molecule has 2 aromatic rings. The summed E-state index contributed by atoms with van der Waals surface area (Å²) in [6, 6.07) is 14.6.